The Bertz CT molecular complexity index is 1390. The summed E-state index contributed by atoms with van der Waals surface area (Å²) in [7, 11) is -3.63. The fraction of sp³-hybridized carbons (Fsp3) is 0.211. The molecule has 9 nitrogen and oxygen atoms in total. The van der Waals surface area contributed by atoms with Crippen LogP contribution in [0.1, 0.15) is 19.4 Å². The van der Waals surface area contributed by atoms with E-state index in [0.717, 1.165) is 5.39 Å². The number of nitrogens with zero attached hydrogens (tertiary/aromatic N) is 7. The standard InChI is InChI=1S/C19H17N7O2S2/c1-3-25(4-2)30(27,28)14-5-6-17-23-24-19(26(17)12-14)29-18-13(9-20)10-22-16-11-21-8-7-15(16)18/h5-8,10-12H,3-4H2,1-2H3. The highest BCUT2D eigenvalue weighted by molar-refractivity contribution is 7.99. The van der Waals surface area contributed by atoms with Crippen LogP contribution in [0.25, 0.3) is 16.6 Å². The van der Waals surface area contributed by atoms with Crippen molar-refractivity contribution in [3.05, 3.63) is 48.5 Å². The molecule has 0 N–H and O–H groups in total. The molecular formula is C19H17N7O2S2. The zero-order valence-corrected chi connectivity index (χ0v) is 17.9. The number of fused-ring (bicyclic) bond motifs is 2. The molecule has 0 aliphatic heterocycles. The average Bonchev–Trinajstić information content (AvgIpc) is 3.17. The van der Waals surface area contributed by atoms with Crippen LogP contribution in [0, 0.1) is 11.3 Å². The summed E-state index contributed by atoms with van der Waals surface area (Å²) in [5.74, 6) is 0. The molecule has 0 unspecified atom stereocenters. The first-order valence-electron chi connectivity index (χ1n) is 9.15. The van der Waals surface area contributed by atoms with Crippen LogP contribution in [0.15, 0.2) is 57.9 Å². The SMILES string of the molecule is CCN(CC)S(=O)(=O)c1ccc2nnc(Sc3c(C#N)cnc4cnccc34)n2c1. The van der Waals surface area contributed by atoms with Gasteiger partial charge in [0.25, 0.3) is 0 Å². The van der Waals surface area contributed by atoms with Gasteiger partial charge in [-0.05, 0) is 30.0 Å². The Kier molecular flexibility index (Phi) is 5.38. The zero-order chi connectivity index (χ0) is 21.3. The lowest BCUT2D eigenvalue weighted by Crippen LogP contribution is -2.30. The zero-order valence-electron chi connectivity index (χ0n) is 16.2. The van der Waals surface area contributed by atoms with Crippen molar-refractivity contribution in [2.24, 2.45) is 0 Å². The fourth-order valence-electron chi connectivity index (χ4n) is 3.08. The summed E-state index contributed by atoms with van der Waals surface area (Å²) in [5, 5.41) is 19.1. The number of sulfonamides is 1. The van der Waals surface area contributed by atoms with Crippen molar-refractivity contribution in [3.8, 4) is 6.07 Å². The van der Waals surface area contributed by atoms with Crippen molar-refractivity contribution >= 4 is 38.3 Å². The molecule has 152 valence electrons. The molecule has 4 aromatic rings. The molecule has 0 aliphatic rings. The Balaban J connectivity index is 1.84. The Hall–Kier alpha value is -3.07. The molecule has 11 heteroatoms. The van der Waals surface area contributed by atoms with Crippen molar-refractivity contribution in [3.63, 3.8) is 0 Å². The van der Waals surface area contributed by atoms with Gasteiger partial charge < -0.3 is 0 Å². The number of hydrogen-bond acceptors (Lipinski definition) is 8. The summed E-state index contributed by atoms with van der Waals surface area (Å²) >= 11 is 1.23. The Morgan fingerprint density at radius 2 is 1.97 bits per heavy atom. The van der Waals surface area contributed by atoms with E-state index in [1.54, 1.807) is 42.8 Å². The van der Waals surface area contributed by atoms with E-state index < -0.39 is 10.0 Å². The highest BCUT2D eigenvalue weighted by Crippen LogP contribution is 2.34. The van der Waals surface area contributed by atoms with Gasteiger partial charge in [0.1, 0.15) is 6.07 Å². The van der Waals surface area contributed by atoms with Crippen LogP contribution in [-0.4, -0.2) is 50.4 Å². The van der Waals surface area contributed by atoms with Crippen LogP contribution in [0.5, 0.6) is 0 Å². The lowest BCUT2D eigenvalue weighted by molar-refractivity contribution is 0.445. The van der Waals surface area contributed by atoms with Crippen molar-refractivity contribution in [2.45, 2.75) is 28.8 Å². The maximum atomic E-state index is 12.9. The molecule has 0 saturated heterocycles. The third kappa shape index (κ3) is 3.39. The Morgan fingerprint density at radius 1 is 1.17 bits per heavy atom. The number of nitriles is 1. The van der Waals surface area contributed by atoms with Crippen molar-refractivity contribution < 1.29 is 8.42 Å². The summed E-state index contributed by atoms with van der Waals surface area (Å²) in [5.41, 5.74) is 1.55. The van der Waals surface area contributed by atoms with E-state index >= 15 is 0 Å². The molecule has 0 aliphatic carbocycles. The molecule has 30 heavy (non-hydrogen) atoms. The average molecular weight is 440 g/mol. The third-order valence-corrected chi connectivity index (χ3v) is 7.76. The van der Waals surface area contributed by atoms with Gasteiger partial charge in [0, 0.05) is 42.0 Å². The van der Waals surface area contributed by atoms with E-state index in [9.17, 15) is 13.7 Å². The van der Waals surface area contributed by atoms with E-state index in [2.05, 4.69) is 26.2 Å². The van der Waals surface area contributed by atoms with Gasteiger partial charge in [-0.2, -0.15) is 9.57 Å². The van der Waals surface area contributed by atoms with Crippen molar-refractivity contribution in [2.75, 3.05) is 13.1 Å². The predicted molar refractivity (Wildman–Crippen MR) is 111 cm³/mol. The number of hydrogen-bond donors (Lipinski definition) is 0. The van der Waals surface area contributed by atoms with E-state index in [4.69, 9.17) is 0 Å². The van der Waals surface area contributed by atoms with Gasteiger partial charge in [-0.25, -0.2) is 8.42 Å². The summed E-state index contributed by atoms with van der Waals surface area (Å²) in [6, 6.07) is 7.08. The maximum absolute atomic E-state index is 12.9. The van der Waals surface area contributed by atoms with Crippen LogP contribution < -0.4 is 0 Å². The molecular weight excluding hydrogens is 422 g/mol. The second-order valence-electron chi connectivity index (χ2n) is 6.27. The highest BCUT2D eigenvalue weighted by atomic mass is 32.2. The molecule has 0 saturated carbocycles. The van der Waals surface area contributed by atoms with Crippen LogP contribution in [-0.2, 0) is 10.0 Å². The minimum atomic E-state index is -3.63. The summed E-state index contributed by atoms with van der Waals surface area (Å²) < 4.78 is 28.8. The van der Waals surface area contributed by atoms with E-state index in [-0.39, 0.29) is 4.90 Å². The molecule has 0 bridgehead atoms. The monoisotopic (exact) mass is 439 g/mol. The predicted octanol–water partition coefficient (Wildman–Crippen LogP) is 2.73. The Morgan fingerprint density at radius 3 is 2.70 bits per heavy atom. The summed E-state index contributed by atoms with van der Waals surface area (Å²) in [6.07, 6.45) is 6.26. The number of aromatic nitrogens is 5. The lowest BCUT2D eigenvalue weighted by atomic mass is 10.2. The van der Waals surface area contributed by atoms with Gasteiger partial charge in [-0.1, -0.05) is 13.8 Å². The largest absolute Gasteiger partial charge is 0.276 e. The van der Waals surface area contributed by atoms with Gasteiger partial charge in [-0.3, -0.25) is 14.4 Å². The quantitative estimate of drug-likeness (QED) is 0.450. The van der Waals surface area contributed by atoms with Gasteiger partial charge in [0.2, 0.25) is 15.2 Å². The third-order valence-electron chi connectivity index (χ3n) is 4.62. The molecule has 4 heterocycles. The molecule has 4 aromatic heterocycles. The smallest absolute Gasteiger partial charge is 0.244 e. The minimum absolute atomic E-state index is 0.157. The molecule has 0 spiro atoms. The number of rotatable bonds is 6. The van der Waals surface area contributed by atoms with E-state index in [1.807, 2.05) is 0 Å². The summed E-state index contributed by atoms with van der Waals surface area (Å²) in [6.45, 7) is 4.35. The first kappa shape index (κ1) is 20.2. The van der Waals surface area contributed by atoms with Gasteiger partial charge in [0.05, 0.1) is 22.2 Å². The van der Waals surface area contributed by atoms with Gasteiger partial charge >= 0.3 is 0 Å². The highest BCUT2D eigenvalue weighted by Gasteiger charge is 2.23. The van der Waals surface area contributed by atoms with E-state index in [0.29, 0.717) is 39.9 Å². The van der Waals surface area contributed by atoms with Gasteiger partial charge in [0.15, 0.2) is 5.65 Å². The van der Waals surface area contributed by atoms with Crippen LogP contribution in [0.4, 0.5) is 0 Å². The molecule has 0 atom stereocenters. The molecule has 4 rings (SSSR count). The molecule has 0 radical (unpaired) electrons. The normalized spacial score (nSPS) is 11.9. The van der Waals surface area contributed by atoms with Crippen LogP contribution >= 0.6 is 11.8 Å². The first-order chi connectivity index (χ1) is 14.5. The fourth-order valence-corrected chi connectivity index (χ4v) is 5.54. The topological polar surface area (TPSA) is 117 Å². The molecule has 0 amide bonds. The lowest BCUT2D eigenvalue weighted by Gasteiger charge is -2.18. The van der Waals surface area contributed by atoms with E-state index in [1.165, 1.54) is 34.5 Å². The van der Waals surface area contributed by atoms with Crippen molar-refractivity contribution in [1.82, 2.24) is 28.9 Å². The van der Waals surface area contributed by atoms with Crippen LogP contribution in [0.2, 0.25) is 0 Å². The van der Waals surface area contributed by atoms with Crippen LogP contribution in [0.3, 0.4) is 0 Å². The molecule has 0 aromatic carbocycles. The minimum Gasteiger partial charge on any atom is -0.276 e. The summed E-state index contributed by atoms with van der Waals surface area (Å²) in [4.78, 5) is 9.15. The molecule has 0 fully saturated rings. The number of pyridine rings is 3. The second kappa shape index (κ2) is 7.98. The van der Waals surface area contributed by atoms with Crippen molar-refractivity contribution in [1.29, 1.82) is 5.26 Å². The maximum Gasteiger partial charge on any atom is 0.244 e. The second-order valence-corrected chi connectivity index (χ2v) is 9.19. The van der Waals surface area contributed by atoms with Gasteiger partial charge in [-0.15, -0.1) is 10.2 Å². The first-order valence-corrected chi connectivity index (χ1v) is 11.4. The Labute approximate surface area is 177 Å².